The number of amides is 2. The Labute approximate surface area is 133 Å². The van der Waals surface area contributed by atoms with Crippen LogP contribution in [0.3, 0.4) is 0 Å². The number of hydrogen-bond donors (Lipinski definition) is 6. The van der Waals surface area contributed by atoms with Crippen LogP contribution in [0.4, 0.5) is 0 Å². The van der Waals surface area contributed by atoms with Gasteiger partial charge in [-0.2, -0.15) is 0 Å². The molecule has 0 aromatic carbocycles. The van der Waals surface area contributed by atoms with Crippen LogP contribution in [0.15, 0.2) is 0 Å². The Bertz CT molecular complexity index is 455. The van der Waals surface area contributed by atoms with Crippen LogP contribution in [0.2, 0.25) is 0 Å². The number of carbonyl (C=O) groups is 4. The van der Waals surface area contributed by atoms with E-state index in [1.54, 1.807) is 13.8 Å². The number of carboxylic acid groups (broad SMARTS) is 2. The van der Waals surface area contributed by atoms with Gasteiger partial charge in [-0.3, -0.25) is 14.4 Å². The predicted octanol–water partition coefficient (Wildman–Crippen LogP) is -2.12. The molecule has 10 nitrogen and oxygen atoms in total. The summed E-state index contributed by atoms with van der Waals surface area (Å²) in [4.78, 5) is 45.3. The van der Waals surface area contributed by atoms with Crippen molar-refractivity contribution in [2.75, 3.05) is 6.61 Å². The molecule has 0 bridgehead atoms. The minimum Gasteiger partial charge on any atom is -0.481 e. The number of aliphatic hydroxyl groups excluding tert-OH is 1. The molecule has 4 unspecified atom stereocenters. The van der Waals surface area contributed by atoms with Crippen LogP contribution in [0.5, 0.6) is 0 Å². The van der Waals surface area contributed by atoms with Gasteiger partial charge in [-0.1, -0.05) is 20.3 Å². The van der Waals surface area contributed by atoms with Crippen molar-refractivity contribution in [2.24, 2.45) is 11.7 Å². The maximum absolute atomic E-state index is 12.0. The van der Waals surface area contributed by atoms with Crippen LogP contribution in [-0.4, -0.2) is 63.8 Å². The quantitative estimate of drug-likeness (QED) is 0.262. The lowest BCUT2D eigenvalue weighted by molar-refractivity contribution is -0.144. The fourth-order valence-corrected chi connectivity index (χ4v) is 1.69. The van der Waals surface area contributed by atoms with Gasteiger partial charge in [0.15, 0.2) is 0 Å². The third-order valence-corrected chi connectivity index (χ3v) is 3.32. The van der Waals surface area contributed by atoms with Gasteiger partial charge in [-0.05, 0) is 5.92 Å². The second kappa shape index (κ2) is 9.74. The summed E-state index contributed by atoms with van der Waals surface area (Å²) in [6.07, 6.45) is -0.146. The molecule has 132 valence electrons. The molecular weight excluding hydrogens is 310 g/mol. The summed E-state index contributed by atoms with van der Waals surface area (Å²) in [7, 11) is 0. The highest BCUT2D eigenvalue weighted by atomic mass is 16.4. The van der Waals surface area contributed by atoms with E-state index in [-0.39, 0.29) is 5.92 Å². The van der Waals surface area contributed by atoms with Gasteiger partial charge in [-0.25, -0.2) is 4.79 Å². The number of hydrogen-bond acceptors (Lipinski definition) is 6. The van der Waals surface area contributed by atoms with Crippen LogP contribution >= 0.6 is 0 Å². The minimum absolute atomic E-state index is 0.360. The third-order valence-electron chi connectivity index (χ3n) is 3.32. The van der Waals surface area contributed by atoms with Crippen LogP contribution in [0, 0.1) is 5.92 Å². The molecule has 0 aliphatic heterocycles. The molecule has 7 N–H and O–H groups in total. The molecule has 0 saturated carbocycles. The first-order chi connectivity index (χ1) is 10.6. The fourth-order valence-electron chi connectivity index (χ4n) is 1.69. The molecule has 0 spiro atoms. The van der Waals surface area contributed by atoms with Gasteiger partial charge in [0.05, 0.1) is 19.1 Å². The molecule has 0 rings (SSSR count). The van der Waals surface area contributed by atoms with Gasteiger partial charge in [-0.15, -0.1) is 0 Å². The van der Waals surface area contributed by atoms with Crippen molar-refractivity contribution in [3.63, 3.8) is 0 Å². The van der Waals surface area contributed by atoms with Gasteiger partial charge in [0, 0.05) is 0 Å². The molecule has 0 aliphatic rings. The predicted molar refractivity (Wildman–Crippen MR) is 78.3 cm³/mol. The topological polar surface area (TPSA) is 179 Å². The molecule has 4 atom stereocenters. The summed E-state index contributed by atoms with van der Waals surface area (Å²) in [5.41, 5.74) is 5.34. The van der Waals surface area contributed by atoms with Gasteiger partial charge < -0.3 is 31.7 Å². The van der Waals surface area contributed by atoms with E-state index in [1.807, 2.05) is 0 Å². The van der Waals surface area contributed by atoms with E-state index in [0.717, 1.165) is 0 Å². The zero-order valence-corrected chi connectivity index (χ0v) is 13.0. The highest BCUT2D eigenvalue weighted by Crippen LogP contribution is 2.08. The van der Waals surface area contributed by atoms with Crippen molar-refractivity contribution in [1.29, 1.82) is 0 Å². The van der Waals surface area contributed by atoms with Gasteiger partial charge in [0.25, 0.3) is 0 Å². The number of nitrogens with two attached hydrogens (primary N) is 1. The smallest absolute Gasteiger partial charge is 0.326 e. The van der Waals surface area contributed by atoms with Crippen molar-refractivity contribution < 1.29 is 34.5 Å². The van der Waals surface area contributed by atoms with Gasteiger partial charge in [0.2, 0.25) is 11.8 Å². The van der Waals surface area contributed by atoms with Crippen LogP contribution < -0.4 is 16.4 Å². The van der Waals surface area contributed by atoms with Crippen LogP contribution in [-0.2, 0) is 19.2 Å². The Hall–Kier alpha value is -2.20. The maximum atomic E-state index is 12.0. The first-order valence-electron chi connectivity index (χ1n) is 7.05. The first kappa shape index (κ1) is 20.8. The van der Waals surface area contributed by atoms with E-state index >= 15 is 0 Å². The van der Waals surface area contributed by atoms with Crippen molar-refractivity contribution in [3.05, 3.63) is 0 Å². The van der Waals surface area contributed by atoms with Crippen molar-refractivity contribution in [1.82, 2.24) is 10.6 Å². The van der Waals surface area contributed by atoms with Crippen LogP contribution in [0.25, 0.3) is 0 Å². The molecular formula is C13H23N3O7. The minimum atomic E-state index is -1.42. The van der Waals surface area contributed by atoms with E-state index in [1.165, 1.54) is 0 Å². The first-order valence-corrected chi connectivity index (χ1v) is 7.05. The number of nitrogens with one attached hydrogen (secondary N) is 2. The third kappa shape index (κ3) is 7.06. The number of carboxylic acids is 2. The maximum Gasteiger partial charge on any atom is 0.326 e. The normalized spacial score (nSPS) is 15.8. The molecule has 0 aromatic rings. The van der Waals surface area contributed by atoms with E-state index in [0.29, 0.717) is 6.42 Å². The van der Waals surface area contributed by atoms with E-state index in [4.69, 9.17) is 15.9 Å². The lowest BCUT2D eigenvalue weighted by Gasteiger charge is -2.24. The molecule has 0 heterocycles. The molecule has 0 fully saturated rings. The molecule has 0 aliphatic carbocycles. The summed E-state index contributed by atoms with van der Waals surface area (Å²) in [6.45, 7) is 2.60. The number of aliphatic carboxylic acids is 2. The standard InChI is InChI=1S/C13H23N3O7/c1-3-6(2)10(13(22)23)16-12(21)8(5-17)15-11(20)7(14)4-9(18)19/h6-8,10,17H,3-5,14H2,1-2H3,(H,15,20)(H,16,21)(H,18,19)(H,22,23). The molecule has 10 heteroatoms. The van der Waals surface area contributed by atoms with Crippen LogP contribution in [0.1, 0.15) is 26.7 Å². The SMILES string of the molecule is CCC(C)C(NC(=O)C(CO)NC(=O)C(N)CC(=O)O)C(=O)O. The zero-order chi connectivity index (χ0) is 18.2. The number of carbonyl (C=O) groups excluding carboxylic acids is 2. The largest absolute Gasteiger partial charge is 0.481 e. The summed E-state index contributed by atoms with van der Waals surface area (Å²) in [5, 5.41) is 31.1. The second-order valence-corrected chi connectivity index (χ2v) is 5.16. The van der Waals surface area contributed by atoms with Crippen molar-refractivity contribution in [2.45, 2.75) is 44.8 Å². The van der Waals surface area contributed by atoms with E-state index in [2.05, 4.69) is 10.6 Å². The Morgan fingerprint density at radius 3 is 2.04 bits per heavy atom. The Balaban J connectivity index is 4.82. The zero-order valence-electron chi connectivity index (χ0n) is 13.0. The Kier molecular flexibility index (Phi) is 8.81. The molecule has 2 amide bonds. The lowest BCUT2D eigenvalue weighted by Crippen LogP contribution is -2.57. The van der Waals surface area contributed by atoms with E-state index in [9.17, 15) is 24.3 Å². The second-order valence-electron chi connectivity index (χ2n) is 5.16. The molecule has 0 radical (unpaired) electrons. The number of rotatable bonds is 10. The molecule has 0 saturated heterocycles. The van der Waals surface area contributed by atoms with Crippen molar-refractivity contribution in [3.8, 4) is 0 Å². The van der Waals surface area contributed by atoms with Gasteiger partial charge >= 0.3 is 11.9 Å². The summed E-state index contributed by atoms with van der Waals surface area (Å²) < 4.78 is 0. The van der Waals surface area contributed by atoms with Crippen molar-refractivity contribution >= 4 is 23.8 Å². The number of aliphatic hydroxyl groups is 1. The molecule has 23 heavy (non-hydrogen) atoms. The van der Waals surface area contributed by atoms with E-state index < -0.39 is 54.9 Å². The Morgan fingerprint density at radius 1 is 1.09 bits per heavy atom. The lowest BCUT2D eigenvalue weighted by atomic mass is 9.99. The average molecular weight is 333 g/mol. The fraction of sp³-hybridized carbons (Fsp3) is 0.692. The summed E-state index contributed by atoms with van der Waals surface area (Å²) in [5.74, 6) is -4.72. The monoisotopic (exact) mass is 333 g/mol. The summed E-state index contributed by atoms with van der Waals surface area (Å²) in [6, 6.07) is -3.99. The summed E-state index contributed by atoms with van der Waals surface area (Å²) >= 11 is 0. The average Bonchev–Trinajstić information content (AvgIpc) is 2.47. The Morgan fingerprint density at radius 2 is 1.65 bits per heavy atom. The highest BCUT2D eigenvalue weighted by Gasteiger charge is 2.30. The molecule has 0 aromatic heterocycles. The highest BCUT2D eigenvalue weighted by molar-refractivity contribution is 5.93. The van der Waals surface area contributed by atoms with Gasteiger partial charge in [0.1, 0.15) is 12.1 Å².